The van der Waals surface area contributed by atoms with Gasteiger partial charge in [0.15, 0.2) is 0 Å². The standard InChI is InChI=1S/C4H4F6O2S/c1-2(5,6)3(7,8)4(9,10)13(11)12/h1H3,(H,11,12)/p-1. The molecule has 0 aliphatic heterocycles. The predicted octanol–water partition coefficient (Wildman–Crippen LogP) is 1.75. The van der Waals surface area contributed by atoms with Gasteiger partial charge < -0.3 is 4.55 Å². The third kappa shape index (κ3) is 1.96. The van der Waals surface area contributed by atoms with Gasteiger partial charge in [0.25, 0.3) is 0 Å². The molecule has 1 atom stereocenters. The van der Waals surface area contributed by atoms with Gasteiger partial charge >= 0.3 is 17.1 Å². The van der Waals surface area contributed by atoms with Crippen LogP contribution in [0.5, 0.6) is 0 Å². The van der Waals surface area contributed by atoms with Gasteiger partial charge in [-0.05, 0) is 0 Å². The van der Waals surface area contributed by atoms with Gasteiger partial charge in [-0.25, -0.2) is 0 Å². The second kappa shape index (κ2) is 3.12. The SMILES string of the molecule is CC(F)(F)C(F)(F)C(F)(F)S(=O)[O-]. The van der Waals surface area contributed by atoms with E-state index in [1.165, 1.54) is 0 Å². The minimum Gasteiger partial charge on any atom is -0.768 e. The minimum atomic E-state index is -5.92. The Bertz CT molecular complexity index is 221. The van der Waals surface area contributed by atoms with Crippen molar-refractivity contribution >= 4 is 11.1 Å². The Labute approximate surface area is 71.2 Å². The highest BCUT2D eigenvalue weighted by atomic mass is 32.2. The van der Waals surface area contributed by atoms with E-state index in [0.29, 0.717) is 0 Å². The fraction of sp³-hybridized carbons (Fsp3) is 1.00. The topological polar surface area (TPSA) is 40.1 Å². The molecule has 0 rings (SSSR count). The molecule has 0 aliphatic carbocycles. The lowest BCUT2D eigenvalue weighted by Crippen LogP contribution is -2.54. The maximum absolute atomic E-state index is 12.1. The van der Waals surface area contributed by atoms with Crippen molar-refractivity contribution in [3.63, 3.8) is 0 Å². The molecule has 0 saturated carbocycles. The van der Waals surface area contributed by atoms with Gasteiger partial charge in [-0.15, -0.1) is 0 Å². The highest BCUT2D eigenvalue weighted by molar-refractivity contribution is 7.80. The molecule has 0 saturated heterocycles. The van der Waals surface area contributed by atoms with E-state index in [2.05, 4.69) is 0 Å². The maximum Gasteiger partial charge on any atom is 0.382 e. The molecular weight excluding hydrogens is 226 g/mol. The van der Waals surface area contributed by atoms with Gasteiger partial charge in [-0.3, -0.25) is 4.21 Å². The monoisotopic (exact) mass is 229 g/mol. The number of hydrogen-bond acceptors (Lipinski definition) is 2. The molecule has 9 heteroatoms. The summed E-state index contributed by atoms with van der Waals surface area (Å²) in [6.45, 7) is -0.492. The van der Waals surface area contributed by atoms with E-state index >= 15 is 0 Å². The number of hydrogen-bond donors (Lipinski definition) is 0. The van der Waals surface area contributed by atoms with Gasteiger partial charge in [-0.2, -0.15) is 26.3 Å². The van der Waals surface area contributed by atoms with Crippen molar-refractivity contribution in [2.45, 2.75) is 24.0 Å². The second-order valence-electron chi connectivity index (χ2n) is 2.21. The Hall–Kier alpha value is -0.310. The van der Waals surface area contributed by atoms with Crippen LogP contribution in [0.4, 0.5) is 26.3 Å². The zero-order valence-electron chi connectivity index (χ0n) is 5.99. The van der Waals surface area contributed by atoms with E-state index in [-0.39, 0.29) is 0 Å². The fourth-order valence-corrected chi connectivity index (χ4v) is 0.749. The van der Waals surface area contributed by atoms with E-state index in [9.17, 15) is 35.1 Å². The molecule has 0 radical (unpaired) electrons. The zero-order valence-corrected chi connectivity index (χ0v) is 6.81. The van der Waals surface area contributed by atoms with Crippen molar-refractivity contribution in [1.29, 1.82) is 0 Å². The summed E-state index contributed by atoms with van der Waals surface area (Å²) >= 11 is -4.61. The minimum absolute atomic E-state index is 0.492. The van der Waals surface area contributed by atoms with Crippen LogP contribution in [-0.2, 0) is 11.1 Å². The van der Waals surface area contributed by atoms with Crippen LogP contribution >= 0.6 is 0 Å². The second-order valence-corrected chi connectivity index (χ2v) is 3.20. The average Bonchev–Trinajstić information content (AvgIpc) is 1.84. The van der Waals surface area contributed by atoms with E-state index in [1.54, 1.807) is 0 Å². The van der Waals surface area contributed by atoms with Crippen molar-refractivity contribution < 1.29 is 35.1 Å². The van der Waals surface area contributed by atoms with Gasteiger partial charge in [0, 0.05) is 18.0 Å². The van der Waals surface area contributed by atoms with Crippen LogP contribution in [0.25, 0.3) is 0 Å². The summed E-state index contributed by atoms with van der Waals surface area (Å²) in [5.74, 6) is -11.0. The zero-order chi connectivity index (χ0) is 11.1. The summed E-state index contributed by atoms with van der Waals surface area (Å²) < 4.78 is 90.9. The van der Waals surface area contributed by atoms with Gasteiger partial charge in [0.2, 0.25) is 0 Å². The first-order chi connectivity index (χ1) is 5.44. The van der Waals surface area contributed by atoms with Crippen molar-refractivity contribution in [1.82, 2.24) is 0 Å². The smallest absolute Gasteiger partial charge is 0.382 e. The van der Waals surface area contributed by atoms with Crippen molar-refractivity contribution in [3.8, 4) is 0 Å². The molecule has 1 unspecified atom stereocenters. The number of alkyl halides is 6. The molecule has 13 heavy (non-hydrogen) atoms. The fourth-order valence-electron chi connectivity index (χ4n) is 0.360. The maximum atomic E-state index is 12.1. The third-order valence-electron chi connectivity index (χ3n) is 1.13. The van der Waals surface area contributed by atoms with Crippen molar-refractivity contribution in [3.05, 3.63) is 0 Å². The lowest BCUT2D eigenvalue weighted by Gasteiger charge is -2.31. The number of rotatable bonds is 3. The molecule has 0 amide bonds. The molecule has 0 aromatic carbocycles. The van der Waals surface area contributed by atoms with Crippen LogP contribution in [-0.4, -0.2) is 25.9 Å². The molecule has 80 valence electrons. The summed E-state index contributed by atoms with van der Waals surface area (Å²) in [4.78, 5) is 0. The van der Waals surface area contributed by atoms with E-state index in [0.717, 1.165) is 0 Å². The Morgan fingerprint density at radius 2 is 1.38 bits per heavy atom. The first-order valence-electron chi connectivity index (χ1n) is 2.67. The van der Waals surface area contributed by atoms with E-state index < -0.39 is 35.1 Å². The molecule has 0 spiro atoms. The summed E-state index contributed by atoms with van der Waals surface area (Å²) in [6.07, 6.45) is 0. The summed E-state index contributed by atoms with van der Waals surface area (Å²) in [6, 6.07) is 0. The molecule has 0 N–H and O–H groups in total. The van der Waals surface area contributed by atoms with Crippen molar-refractivity contribution in [2.24, 2.45) is 0 Å². The highest BCUT2D eigenvalue weighted by Gasteiger charge is 2.70. The predicted molar refractivity (Wildman–Crippen MR) is 29.4 cm³/mol. The van der Waals surface area contributed by atoms with Crippen LogP contribution in [0.2, 0.25) is 0 Å². The molecule has 0 aliphatic rings. The summed E-state index contributed by atoms with van der Waals surface area (Å²) in [5.41, 5.74) is 0. The Morgan fingerprint density at radius 3 is 1.46 bits per heavy atom. The molecule has 0 aromatic heterocycles. The van der Waals surface area contributed by atoms with Crippen LogP contribution < -0.4 is 0 Å². The Kier molecular flexibility index (Phi) is 3.05. The Morgan fingerprint density at radius 1 is 1.08 bits per heavy atom. The lowest BCUT2D eigenvalue weighted by molar-refractivity contribution is -0.271. The van der Waals surface area contributed by atoms with Crippen LogP contribution in [0.1, 0.15) is 6.92 Å². The largest absolute Gasteiger partial charge is 0.768 e. The van der Waals surface area contributed by atoms with Crippen molar-refractivity contribution in [2.75, 3.05) is 0 Å². The average molecular weight is 229 g/mol. The lowest BCUT2D eigenvalue weighted by atomic mass is 10.2. The third-order valence-corrected chi connectivity index (χ3v) is 1.80. The first-order valence-corrected chi connectivity index (χ1v) is 3.75. The van der Waals surface area contributed by atoms with Gasteiger partial charge in [-0.1, -0.05) is 0 Å². The molecule has 2 nitrogen and oxygen atoms in total. The van der Waals surface area contributed by atoms with Gasteiger partial charge in [0.05, 0.1) is 0 Å². The quantitative estimate of drug-likeness (QED) is 0.546. The number of halogens is 6. The van der Waals surface area contributed by atoms with Gasteiger partial charge in [0.1, 0.15) is 0 Å². The van der Waals surface area contributed by atoms with E-state index in [4.69, 9.17) is 0 Å². The molecule has 0 heterocycles. The van der Waals surface area contributed by atoms with E-state index in [1.807, 2.05) is 0 Å². The summed E-state index contributed by atoms with van der Waals surface area (Å²) in [7, 11) is 0. The van der Waals surface area contributed by atoms with Crippen LogP contribution in [0.3, 0.4) is 0 Å². The molecule has 0 aromatic rings. The molecule has 0 bridgehead atoms. The normalized spacial score (nSPS) is 17.2. The highest BCUT2D eigenvalue weighted by Crippen LogP contribution is 2.46. The summed E-state index contributed by atoms with van der Waals surface area (Å²) in [5, 5.41) is -5.79. The molecule has 0 fully saturated rings. The first kappa shape index (κ1) is 12.7. The Balaban J connectivity index is 5.16. The molecular formula is C4H3F6O2S-. The van der Waals surface area contributed by atoms with Crippen LogP contribution in [0, 0.1) is 0 Å². The van der Waals surface area contributed by atoms with Crippen LogP contribution in [0.15, 0.2) is 0 Å².